The van der Waals surface area contributed by atoms with Gasteiger partial charge in [0.05, 0.1) is 6.10 Å². The van der Waals surface area contributed by atoms with Crippen molar-refractivity contribution in [2.75, 3.05) is 5.73 Å². The summed E-state index contributed by atoms with van der Waals surface area (Å²) in [4.78, 5) is 0. The zero-order valence-corrected chi connectivity index (χ0v) is 11.2. The van der Waals surface area contributed by atoms with E-state index in [0.29, 0.717) is 12.1 Å². The Bertz CT molecular complexity index is 559. The van der Waals surface area contributed by atoms with E-state index in [1.165, 1.54) is 12.1 Å². The first-order valence-corrected chi connectivity index (χ1v) is 6.33. The molecule has 4 heteroatoms. The van der Waals surface area contributed by atoms with Crippen molar-refractivity contribution in [3.05, 3.63) is 63.9 Å². The average molecular weight is 310 g/mol. The molecule has 0 heterocycles. The van der Waals surface area contributed by atoms with Crippen LogP contribution in [0.3, 0.4) is 0 Å². The monoisotopic (exact) mass is 309 g/mol. The van der Waals surface area contributed by atoms with Gasteiger partial charge in [0, 0.05) is 16.6 Å². The van der Waals surface area contributed by atoms with Gasteiger partial charge in [-0.05, 0) is 41.5 Å². The summed E-state index contributed by atoms with van der Waals surface area (Å²) >= 11 is 3.34. The number of nitrogens with two attached hydrogens (primary N) is 1. The number of hydrogen-bond acceptors (Lipinski definition) is 2. The molecule has 0 fully saturated rings. The summed E-state index contributed by atoms with van der Waals surface area (Å²) in [5.74, 6) is -0.312. The van der Waals surface area contributed by atoms with E-state index >= 15 is 0 Å². The molecule has 0 aliphatic carbocycles. The van der Waals surface area contributed by atoms with Gasteiger partial charge in [-0.2, -0.15) is 0 Å². The average Bonchev–Trinajstić information content (AvgIpc) is 2.34. The van der Waals surface area contributed by atoms with Crippen LogP contribution in [0.5, 0.6) is 0 Å². The highest BCUT2D eigenvalue weighted by molar-refractivity contribution is 9.10. The zero-order chi connectivity index (χ0) is 13.1. The number of nitrogen functional groups attached to an aromatic ring is 1. The molecule has 0 aliphatic heterocycles. The predicted octanol–water partition coefficient (Wildman–Crippen LogP) is 3.45. The summed E-state index contributed by atoms with van der Waals surface area (Å²) < 4.78 is 13.9. The van der Waals surface area contributed by atoms with Crippen LogP contribution in [0.2, 0.25) is 0 Å². The Balaban J connectivity index is 2.21. The molecule has 0 saturated carbocycles. The van der Waals surface area contributed by atoms with Crippen LogP contribution in [0, 0.1) is 5.82 Å². The Morgan fingerprint density at radius 2 is 2.00 bits per heavy atom. The maximum Gasteiger partial charge on any atom is 0.123 e. The highest BCUT2D eigenvalue weighted by Crippen LogP contribution is 2.25. The molecular weight excluding hydrogens is 297 g/mol. The van der Waals surface area contributed by atoms with E-state index < -0.39 is 6.10 Å². The fourth-order valence-electron chi connectivity index (χ4n) is 1.79. The van der Waals surface area contributed by atoms with Crippen molar-refractivity contribution >= 4 is 21.6 Å². The van der Waals surface area contributed by atoms with E-state index in [9.17, 15) is 9.50 Å². The van der Waals surface area contributed by atoms with Gasteiger partial charge in [0.2, 0.25) is 0 Å². The summed E-state index contributed by atoms with van der Waals surface area (Å²) in [6.07, 6.45) is -0.367. The molecule has 0 aromatic heterocycles. The number of rotatable bonds is 3. The van der Waals surface area contributed by atoms with E-state index in [1.54, 1.807) is 30.3 Å². The number of hydrogen-bond donors (Lipinski definition) is 2. The third kappa shape index (κ3) is 3.09. The molecule has 0 amide bonds. The SMILES string of the molecule is Nc1cccc(C(O)Cc2cc(F)ccc2Br)c1. The second-order valence-electron chi connectivity index (χ2n) is 4.13. The Morgan fingerprint density at radius 1 is 1.22 bits per heavy atom. The van der Waals surface area contributed by atoms with Gasteiger partial charge in [-0.1, -0.05) is 28.1 Å². The summed E-state index contributed by atoms with van der Waals surface area (Å²) in [6.45, 7) is 0. The maximum absolute atomic E-state index is 13.1. The van der Waals surface area contributed by atoms with Crippen molar-refractivity contribution in [2.45, 2.75) is 12.5 Å². The maximum atomic E-state index is 13.1. The number of anilines is 1. The molecule has 0 bridgehead atoms. The van der Waals surface area contributed by atoms with E-state index in [1.807, 2.05) is 0 Å². The topological polar surface area (TPSA) is 46.2 Å². The van der Waals surface area contributed by atoms with E-state index in [2.05, 4.69) is 15.9 Å². The summed E-state index contributed by atoms with van der Waals surface area (Å²) in [5.41, 5.74) is 7.72. The highest BCUT2D eigenvalue weighted by Gasteiger charge is 2.11. The molecular formula is C14H13BrFNO. The first-order valence-electron chi connectivity index (χ1n) is 5.53. The molecule has 0 radical (unpaired) electrons. The second-order valence-corrected chi connectivity index (χ2v) is 4.98. The van der Waals surface area contributed by atoms with Gasteiger partial charge in [0.15, 0.2) is 0 Å². The van der Waals surface area contributed by atoms with Gasteiger partial charge in [0.1, 0.15) is 5.82 Å². The molecule has 18 heavy (non-hydrogen) atoms. The summed E-state index contributed by atoms with van der Waals surface area (Å²) in [5, 5.41) is 10.1. The highest BCUT2D eigenvalue weighted by atomic mass is 79.9. The normalized spacial score (nSPS) is 12.4. The van der Waals surface area contributed by atoms with Gasteiger partial charge >= 0.3 is 0 Å². The minimum Gasteiger partial charge on any atom is -0.399 e. The molecule has 0 saturated heterocycles. The van der Waals surface area contributed by atoms with Crippen LogP contribution in [0.1, 0.15) is 17.2 Å². The molecule has 0 spiro atoms. The van der Waals surface area contributed by atoms with Crippen molar-refractivity contribution < 1.29 is 9.50 Å². The number of halogens is 2. The van der Waals surface area contributed by atoms with Crippen LogP contribution in [-0.2, 0) is 6.42 Å². The van der Waals surface area contributed by atoms with Gasteiger partial charge in [-0.15, -0.1) is 0 Å². The molecule has 0 aliphatic rings. The van der Waals surface area contributed by atoms with Gasteiger partial charge in [0.25, 0.3) is 0 Å². The third-order valence-electron chi connectivity index (χ3n) is 2.72. The largest absolute Gasteiger partial charge is 0.399 e. The molecule has 2 aromatic rings. The molecule has 94 valence electrons. The fraction of sp³-hybridized carbons (Fsp3) is 0.143. The molecule has 2 nitrogen and oxygen atoms in total. The number of benzene rings is 2. The molecule has 2 aromatic carbocycles. The van der Waals surface area contributed by atoms with E-state index in [0.717, 1.165) is 15.6 Å². The first-order chi connectivity index (χ1) is 8.56. The summed E-state index contributed by atoms with van der Waals surface area (Å²) in [6, 6.07) is 11.5. The molecule has 2 rings (SSSR count). The third-order valence-corrected chi connectivity index (χ3v) is 3.49. The Morgan fingerprint density at radius 3 is 2.72 bits per heavy atom. The number of aliphatic hydroxyl groups excluding tert-OH is 1. The van der Waals surface area contributed by atoms with Crippen molar-refractivity contribution in [2.24, 2.45) is 0 Å². The van der Waals surface area contributed by atoms with Crippen molar-refractivity contribution in [1.29, 1.82) is 0 Å². The summed E-state index contributed by atoms with van der Waals surface area (Å²) in [7, 11) is 0. The van der Waals surface area contributed by atoms with E-state index in [-0.39, 0.29) is 5.82 Å². The van der Waals surface area contributed by atoms with Gasteiger partial charge in [-0.25, -0.2) is 4.39 Å². The van der Waals surface area contributed by atoms with Crippen LogP contribution in [0.4, 0.5) is 10.1 Å². The van der Waals surface area contributed by atoms with Crippen LogP contribution >= 0.6 is 15.9 Å². The lowest BCUT2D eigenvalue weighted by Crippen LogP contribution is -2.03. The Labute approximate surface area is 113 Å². The van der Waals surface area contributed by atoms with Crippen molar-refractivity contribution in [3.63, 3.8) is 0 Å². The van der Waals surface area contributed by atoms with Crippen LogP contribution in [0.25, 0.3) is 0 Å². The second kappa shape index (κ2) is 5.50. The van der Waals surface area contributed by atoms with Crippen molar-refractivity contribution in [1.82, 2.24) is 0 Å². The van der Waals surface area contributed by atoms with Gasteiger partial charge in [-0.3, -0.25) is 0 Å². The minimum absolute atomic E-state index is 0.312. The lowest BCUT2D eigenvalue weighted by Gasteiger charge is -2.13. The minimum atomic E-state index is -0.702. The fourth-order valence-corrected chi connectivity index (χ4v) is 2.20. The van der Waals surface area contributed by atoms with Crippen LogP contribution in [-0.4, -0.2) is 5.11 Å². The van der Waals surface area contributed by atoms with Crippen LogP contribution < -0.4 is 5.73 Å². The Kier molecular flexibility index (Phi) is 3.99. The molecule has 1 unspecified atom stereocenters. The predicted molar refractivity (Wildman–Crippen MR) is 73.6 cm³/mol. The standard InChI is InChI=1S/C14H13BrFNO/c15-13-5-4-11(16)6-10(13)8-14(18)9-2-1-3-12(17)7-9/h1-7,14,18H,8,17H2. The quantitative estimate of drug-likeness (QED) is 0.853. The molecule has 3 N–H and O–H groups in total. The first kappa shape index (κ1) is 13.1. The zero-order valence-electron chi connectivity index (χ0n) is 9.61. The Hall–Kier alpha value is -1.39. The van der Waals surface area contributed by atoms with Crippen molar-refractivity contribution in [3.8, 4) is 0 Å². The lowest BCUT2D eigenvalue weighted by molar-refractivity contribution is 0.178. The lowest BCUT2D eigenvalue weighted by atomic mass is 10.0. The smallest absolute Gasteiger partial charge is 0.123 e. The van der Waals surface area contributed by atoms with Gasteiger partial charge < -0.3 is 10.8 Å². The molecule has 1 atom stereocenters. The number of aliphatic hydroxyl groups is 1. The van der Waals surface area contributed by atoms with Crippen LogP contribution in [0.15, 0.2) is 46.9 Å². The van der Waals surface area contributed by atoms with E-state index in [4.69, 9.17) is 5.73 Å².